The number of amides is 1. The molecule has 0 bridgehead atoms. The molecule has 22 heavy (non-hydrogen) atoms. The Labute approximate surface area is 125 Å². The highest BCUT2D eigenvalue weighted by atomic mass is 19.1. The lowest BCUT2D eigenvalue weighted by atomic mass is 10.1. The predicted molar refractivity (Wildman–Crippen MR) is 77.2 cm³/mol. The SMILES string of the molecule is O=C(Nc1ncccc1F)c1cc2c(n3cnnc13)CCC2. The summed E-state index contributed by atoms with van der Waals surface area (Å²) >= 11 is 0. The maximum Gasteiger partial charge on any atom is 0.260 e. The van der Waals surface area contributed by atoms with Gasteiger partial charge in [0.25, 0.3) is 5.91 Å². The van der Waals surface area contributed by atoms with Crippen LogP contribution in [0.25, 0.3) is 5.65 Å². The maximum atomic E-state index is 13.6. The molecule has 0 aromatic carbocycles. The summed E-state index contributed by atoms with van der Waals surface area (Å²) in [5.41, 5.74) is 3.11. The lowest BCUT2D eigenvalue weighted by Crippen LogP contribution is -2.16. The highest BCUT2D eigenvalue weighted by Crippen LogP contribution is 2.25. The van der Waals surface area contributed by atoms with Crippen molar-refractivity contribution in [3.63, 3.8) is 0 Å². The molecular weight excluding hydrogens is 285 g/mol. The van der Waals surface area contributed by atoms with E-state index in [1.807, 2.05) is 10.5 Å². The summed E-state index contributed by atoms with van der Waals surface area (Å²) in [7, 11) is 0. The summed E-state index contributed by atoms with van der Waals surface area (Å²) in [5, 5.41) is 10.4. The van der Waals surface area contributed by atoms with Crippen LogP contribution in [0.3, 0.4) is 0 Å². The van der Waals surface area contributed by atoms with Crippen molar-refractivity contribution in [3.05, 3.63) is 53.4 Å². The Kier molecular flexibility index (Phi) is 2.85. The summed E-state index contributed by atoms with van der Waals surface area (Å²) in [4.78, 5) is 16.3. The van der Waals surface area contributed by atoms with E-state index in [1.54, 1.807) is 6.33 Å². The van der Waals surface area contributed by atoms with Gasteiger partial charge in [-0.1, -0.05) is 0 Å². The Balaban J connectivity index is 1.78. The molecule has 0 atom stereocenters. The molecule has 1 aliphatic carbocycles. The number of nitrogens with one attached hydrogen (secondary N) is 1. The minimum absolute atomic E-state index is 0.0920. The van der Waals surface area contributed by atoms with E-state index in [4.69, 9.17) is 0 Å². The minimum atomic E-state index is -0.575. The summed E-state index contributed by atoms with van der Waals surface area (Å²) in [6.45, 7) is 0. The van der Waals surface area contributed by atoms with E-state index in [0.717, 1.165) is 30.5 Å². The number of fused-ring (bicyclic) bond motifs is 3. The molecule has 4 rings (SSSR count). The second-order valence-corrected chi connectivity index (χ2v) is 5.20. The Morgan fingerprint density at radius 2 is 2.27 bits per heavy atom. The number of pyridine rings is 2. The standard InChI is InChI=1S/C15H12FN5O/c16-11-4-2-6-17-13(11)19-15(22)10-7-9-3-1-5-12(9)21-8-18-20-14(10)21/h2,4,6-8H,1,3,5H2,(H,17,19,22). The van der Waals surface area contributed by atoms with E-state index in [2.05, 4.69) is 20.5 Å². The molecule has 3 aromatic rings. The van der Waals surface area contributed by atoms with Crippen molar-refractivity contribution in [1.29, 1.82) is 0 Å². The largest absolute Gasteiger partial charge is 0.304 e. The molecule has 0 saturated heterocycles. The predicted octanol–water partition coefficient (Wildman–Crippen LogP) is 2.00. The summed E-state index contributed by atoms with van der Waals surface area (Å²) in [6, 6.07) is 4.54. The highest BCUT2D eigenvalue weighted by Gasteiger charge is 2.22. The van der Waals surface area contributed by atoms with Gasteiger partial charge in [0.1, 0.15) is 6.33 Å². The van der Waals surface area contributed by atoms with Gasteiger partial charge in [0, 0.05) is 11.9 Å². The molecule has 0 fully saturated rings. The molecular formula is C15H12FN5O. The van der Waals surface area contributed by atoms with Gasteiger partial charge in [-0.3, -0.25) is 9.20 Å². The minimum Gasteiger partial charge on any atom is -0.304 e. The van der Waals surface area contributed by atoms with Crippen LogP contribution in [0.15, 0.2) is 30.7 Å². The number of nitrogens with zero attached hydrogens (tertiary/aromatic N) is 4. The number of aromatic nitrogens is 4. The van der Waals surface area contributed by atoms with Gasteiger partial charge in [-0.25, -0.2) is 9.37 Å². The summed E-state index contributed by atoms with van der Waals surface area (Å²) in [5.74, 6) is -1.11. The van der Waals surface area contributed by atoms with Gasteiger partial charge in [-0.2, -0.15) is 0 Å². The van der Waals surface area contributed by atoms with Crippen LogP contribution in [0, 0.1) is 5.82 Å². The first-order chi connectivity index (χ1) is 10.7. The van der Waals surface area contributed by atoms with Crippen molar-refractivity contribution in [3.8, 4) is 0 Å². The van der Waals surface area contributed by atoms with Gasteiger partial charge in [-0.05, 0) is 43.0 Å². The number of carbonyl (C=O) groups is 1. The van der Waals surface area contributed by atoms with Crippen LogP contribution in [-0.4, -0.2) is 25.5 Å². The third-order valence-corrected chi connectivity index (χ3v) is 3.86. The van der Waals surface area contributed by atoms with E-state index < -0.39 is 11.7 Å². The average Bonchev–Trinajstić information content (AvgIpc) is 3.16. The Hall–Kier alpha value is -2.83. The van der Waals surface area contributed by atoms with Crippen molar-refractivity contribution < 1.29 is 9.18 Å². The molecule has 6 nitrogen and oxygen atoms in total. The van der Waals surface area contributed by atoms with E-state index in [1.165, 1.54) is 18.3 Å². The van der Waals surface area contributed by atoms with Crippen molar-refractivity contribution >= 4 is 17.4 Å². The second kappa shape index (κ2) is 4.87. The van der Waals surface area contributed by atoms with E-state index >= 15 is 0 Å². The molecule has 110 valence electrons. The molecule has 0 saturated carbocycles. The monoisotopic (exact) mass is 297 g/mol. The van der Waals surface area contributed by atoms with Crippen molar-refractivity contribution in [2.75, 3.05) is 5.32 Å². The zero-order valence-electron chi connectivity index (χ0n) is 11.6. The second-order valence-electron chi connectivity index (χ2n) is 5.20. The smallest absolute Gasteiger partial charge is 0.260 e. The van der Waals surface area contributed by atoms with E-state index in [0.29, 0.717) is 11.2 Å². The molecule has 1 amide bonds. The third kappa shape index (κ3) is 1.93. The molecule has 0 unspecified atom stereocenters. The van der Waals surface area contributed by atoms with Crippen LogP contribution >= 0.6 is 0 Å². The number of hydrogen-bond acceptors (Lipinski definition) is 4. The quantitative estimate of drug-likeness (QED) is 0.785. The van der Waals surface area contributed by atoms with Crippen LogP contribution in [0.2, 0.25) is 0 Å². The zero-order chi connectivity index (χ0) is 15.1. The molecule has 0 radical (unpaired) electrons. The fraction of sp³-hybridized carbons (Fsp3) is 0.200. The normalized spacial score (nSPS) is 13.3. The van der Waals surface area contributed by atoms with Gasteiger partial charge in [0.15, 0.2) is 17.3 Å². The summed E-state index contributed by atoms with van der Waals surface area (Å²) in [6.07, 6.45) is 5.94. The van der Waals surface area contributed by atoms with E-state index in [-0.39, 0.29) is 5.82 Å². The van der Waals surface area contributed by atoms with Crippen molar-refractivity contribution in [2.24, 2.45) is 0 Å². The number of anilines is 1. The molecule has 1 aliphatic rings. The van der Waals surface area contributed by atoms with Gasteiger partial charge >= 0.3 is 0 Å². The summed E-state index contributed by atoms with van der Waals surface area (Å²) < 4.78 is 15.5. The Morgan fingerprint density at radius 1 is 1.36 bits per heavy atom. The van der Waals surface area contributed by atoms with Gasteiger partial charge in [0.2, 0.25) is 0 Å². The molecule has 0 spiro atoms. The first-order valence-corrected chi connectivity index (χ1v) is 7.00. The number of aryl methyl sites for hydroxylation is 2. The lowest BCUT2D eigenvalue weighted by Gasteiger charge is -2.09. The number of carbonyl (C=O) groups excluding carboxylic acids is 1. The maximum absolute atomic E-state index is 13.6. The zero-order valence-corrected chi connectivity index (χ0v) is 11.6. The topological polar surface area (TPSA) is 72.2 Å². The van der Waals surface area contributed by atoms with Crippen LogP contribution in [0.1, 0.15) is 28.0 Å². The fourth-order valence-corrected chi connectivity index (χ4v) is 2.86. The molecule has 3 aromatic heterocycles. The van der Waals surface area contributed by atoms with Crippen LogP contribution in [0.5, 0.6) is 0 Å². The van der Waals surface area contributed by atoms with Crippen LogP contribution in [0.4, 0.5) is 10.2 Å². The van der Waals surface area contributed by atoms with Gasteiger partial charge in [-0.15, -0.1) is 10.2 Å². The number of rotatable bonds is 2. The lowest BCUT2D eigenvalue weighted by molar-refractivity contribution is 0.102. The number of halogens is 1. The first kappa shape index (κ1) is 12.9. The van der Waals surface area contributed by atoms with Gasteiger partial charge < -0.3 is 5.32 Å². The van der Waals surface area contributed by atoms with E-state index in [9.17, 15) is 9.18 Å². The molecule has 1 N–H and O–H groups in total. The molecule has 0 aliphatic heterocycles. The number of hydrogen-bond donors (Lipinski definition) is 1. The van der Waals surface area contributed by atoms with Gasteiger partial charge in [0.05, 0.1) is 5.56 Å². The van der Waals surface area contributed by atoms with Crippen molar-refractivity contribution in [1.82, 2.24) is 19.6 Å². The first-order valence-electron chi connectivity index (χ1n) is 7.00. The van der Waals surface area contributed by atoms with Crippen molar-refractivity contribution in [2.45, 2.75) is 19.3 Å². The fourth-order valence-electron chi connectivity index (χ4n) is 2.86. The molecule has 7 heteroatoms. The third-order valence-electron chi connectivity index (χ3n) is 3.86. The molecule has 3 heterocycles. The van der Waals surface area contributed by atoms with Crippen LogP contribution in [-0.2, 0) is 12.8 Å². The average molecular weight is 297 g/mol. The highest BCUT2D eigenvalue weighted by molar-refractivity contribution is 6.08. The van der Waals surface area contributed by atoms with Crippen LogP contribution < -0.4 is 5.32 Å². The Morgan fingerprint density at radius 3 is 3.14 bits per heavy atom. The Bertz CT molecular complexity index is 889.